The lowest BCUT2D eigenvalue weighted by molar-refractivity contribution is -0.135. The predicted molar refractivity (Wildman–Crippen MR) is 104 cm³/mol. The molecule has 2 amide bonds. The maximum Gasteiger partial charge on any atom is 0.281 e. The summed E-state index contributed by atoms with van der Waals surface area (Å²) in [6, 6.07) is 13.6. The van der Waals surface area contributed by atoms with Crippen molar-refractivity contribution in [3.05, 3.63) is 72.6 Å². The highest BCUT2D eigenvalue weighted by molar-refractivity contribution is 6.01. The van der Waals surface area contributed by atoms with E-state index < -0.39 is 0 Å². The molecule has 3 heterocycles. The number of anilines is 1. The van der Waals surface area contributed by atoms with E-state index in [0.29, 0.717) is 35.1 Å². The average Bonchev–Trinajstić information content (AvgIpc) is 3.47. The summed E-state index contributed by atoms with van der Waals surface area (Å²) < 4.78 is 16.5. The minimum atomic E-state index is -0.358. The number of benzene rings is 1. The summed E-state index contributed by atoms with van der Waals surface area (Å²) >= 11 is 0. The lowest BCUT2D eigenvalue weighted by Crippen LogP contribution is -2.31. The summed E-state index contributed by atoms with van der Waals surface area (Å²) in [5.41, 5.74) is 1.32. The molecule has 8 heteroatoms. The van der Waals surface area contributed by atoms with Gasteiger partial charge in [0.25, 0.3) is 5.91 Å². The van der Waals surface area contributed by atoms with Gasteiger partial charge in [0.2, 0.25) is 5.91 Å². The van der Waals surface area contributed by atoms with Crippen LogP contribution in [0.5, 0.6) is 5.75 Å². The van der Waals surface area contributed by atoms with Gasteiger partial charge >= 0.3 is 0 Å². The van der Waals surface area contributed by atoms with Crippen LogP contribution in [0.15, 0.2) is 75.0 Å². The van der Waals surface area contributed by atoms with Crippen molar-refractivity contribution in [2.45, 2.75) is 19.4 Å². The molecule has 0 fully saturated rings. The van der Waals surface area contributed by atoms with Crippen LogP contribution in [-0.4, -0.2) is 29.1 Å². The molecule has 0 unspecified atom stereocenters. The number of hydrogen-bond donors (Lipinski definition) is 1. The third-order valence-corrected chi connectivity index (χ3v) is 4.38. The molecular formula is C21H19N3O5. The maximum absolute atomic E-state index is 12.8. The van der Waals surface area contributed by atoms with Crippen molar-refractivity contribution in [3.63, 3.8) is 0 Å². The number of hydrazone groups is 1. The molecule has 0 saturated heterocycles. The predicted octanol–water partition coefficient (Wildman–Crippen LogP) is 3.59. The van der Waals surface area contributed by atoms with E-state index in [1.54, 1.807) is 55.0 Å². The topological polar surface area (TPSA) is 97.3 Å². The Hall–Kier alpha value is -3.81. The van der Waals surface area contributed by atoms with Gasteiger partial charge in [-0.1, -0.05) is 0 Å². The lowest BCUT2D eigenvalue weighted by atomic mass is 10.1. The zero-order valence-corrected chi connectivity index (χ0v) is 15.7. The minimum absolute atomic E-state index is 0.155. The van der Waals surface area contributed by atoms with Gasteiger partial charge in [-0.15, -0.1) is 0 Å². The monoisotopic (exact) mass is 393 g/mol. The number of rotatable bonds is 6. The molecule has 0 spiro atoms. The second kappa shape index (κ2) is 8.05. The van der Waals surface area contributed by atoms with Crippen molar-refractivity contribution in [3.8, 4) is 5.75 Å². The van der Waals surface area contributed by atoms with E-state index >= 15 is 0 Å². The first-order valence-electron chi connectivity index (χ1n) is 9.07. The average molecular weight is 393 g/mol. The Labute approximate surface area is 166 Å². The van der Waals surface area contributed by atoms with Gasteiger partial charge < -0.3 is 18.9 Å². The highest BCUT2D eigenvalue weighted by Crippen LogP contribution is 2.33. The number of hydrogen-bond acceptors (Lipinski definition) is 6. The Morgan fingerprint density at radius 1 is 1.14 bits per heavy atom. The molecule has 0 bridgehead atoms. The highest BCUT2D eigenvalue weighted by Gasteiger charge is 2.35. The highest BCUT2D eigenvalue weighted by atomic mass is 16.5. The molecule has 1 N–H and O–H groups in total. The first-order chi connectivity index (χ1) is 14.1. The molecule has 4 rings (SSSR count). The van der Waals surface area contributed by atoms with Crippen LogP contribution < -0.4 is 10.1 Å². The van der Waals surface area contributed by atoms with Crippen molar-refractivity contribution in [1.82, 2.24) is 5.01 Å². The van der Waals surface area contributed by atoms with Crippen LogP contribution in [0.3, 0.4) is 0 Å². The van der Waals surface area contributed by atoms with E-state index in [4.69, 9.17) is 13.6 Å². The number of carbonyl (C=O) groups excluding carboxylic acids is 2. The van der Waals surface area contributed by atoms with Gasteiger partial charge in [-0.2, -0.15) is 5.10 Å². The summed E-state index contributed by atoms with van der Waals surface area (Å²) in [4.78, 5) is 23.9. The Balaban J connectivity index is 1.45. The van der Waals surface area contributed by atoms with Crippen LogP contribution in [0.25, 0.3) is 0 Å². The molecule has 0 aliphatic carbocycles. The zero-order chi connectivity index (χ0) is 20.2. The molecule has 1 aliphatic heterocycles. The molecule has 29 heavy (non-hydrogen) atoms. The van der Waals surface area contributed by atoms with Gasteiger partial charge in [0.05, 0.1) is 12.5 Å². The SMILES string of the molecule is CC(=O)Nc1ccc(OCC(=O)N2N=C(c3ccco3)C[C@H]2c2ccco2)cc1. The first kappa shape index (κ1) is 18.5. The van der Waals surface area contributed by atoms with Crippen molar-refractivity contribution in [1.29, 1.82) is 0 Å². The molecule has 8 nitrogen and oxygen atoms in total. The van der Waals surface area contributed by atoms with Crippen molar-refractivity contribution >= 4 is 23.2 Å². The second-order valence-corrected chi connectivity index (χ2v) is 6.49. The van der Waals surface area contributed by atoms with Gasteiger partial charge in [0, 0.05) is 19.0 Å². The zero-order valence-electron chi connectivity index (χ0n) is 15.7. The Morgan fingerprint density at radius 3 is 2.55 bits per heavy atom. The van der Waals surface area contributed by atoms with Gasteiger partial charge in [0.1, 0.15) is 29.0 Å². The molecule has 3 aromatic rings. The van der Waals surface area contributed by atoms with E-state index in [2.05, 4.69) is 10.4 Å². The van der Waals surface area contributed by atoms with E-state index in [1.807, 2.05) is 6.07 Å². The minimum Gasteiger partial charge on any atom is -0.484 e. The molecule has 0 saturated carbocycles. The number of furan rings is 2. The molecular weight excluding hydrogens is 374 g/mol. The fourth-order valence-electron chi connectivity index (χ4n) is 3.08. The normalized spacial score (nSPS) is 15.8. The van der Waals surface area contributed by atoms with Crippen molar-refractivity contribution in [2.24, 2.45) is 5.10 Å². The van der Waals surface area contributed by atoms with E-state index in [1.165, 1.54) is 11.9 Å². The van der Waals surface area contributed by atoms with Gasteiger partial charge in [-0.05, 0) is 48.5 Å². The lowest BCUT2D eigenvalue weighted by Gasteiger charge is -2.20. The summed E-state index contributed by atoms with van der Waals surface area (Å²) in [6.07, 6.45) is 3.62. The fourth-order valence-corrected chi connectivity index (χ4v) is 3.08. The smallest absolute Gasteiger partial charge is 0.281 e. The first-order valence-corrected chi connectivity index (χ1v) is 9.07. The summed E-state index contributed by atoms with van der Waals surface area (Å²) in [7, 11) is 0. The summed E-state index contributed by atoms with van der Waals surface area (Å²) in [6.45, 7) is 1.25. The van der Waals surface area contributed by atoms with Crippen LogP contribution in [0.4, 0.5) is 5.69 Å². The van der Waals surface area contributed by atoms with Crippen LogP contribution in [0.1, 0.15) is 30.9 Å². The number of ether oxygens (including phenoxy) is 1. The summed E-state index contributed by atoms with van der Waals surface area (Å²) in [5, 5.41) is 8.50. The number of amides is 2. The molecule has 1 aliphatic rings. The second-order valence-electron chi connectivity index (χ2n) is 6.49. The van der Waals surface area contributed by atoms with Crippen molar-refractivity contribution < 1.29 is 23.2 Å². The molecule has 1 atom stereocenters. The van der Waals surface area contributed by atoms with Gasteiger partial charge in [0.15, 0.2) is 6.61 Å². The van der Waals surface area contributed by atoms with Crippen molar-refractivity contribution in [2.75, 3.05) is 11.9 Å². The summed E-state index contributed by atoms with van der Waals surface area (Å²) in [5.74, 6) is 1.31. The Bertz CT molecular complexity index is 1010. The van der Waals surface area contributed by atoms with E-state index in [9.17, 15) is 9.59 Å². The molecule has 148 valence electrons. The molecule has 1 aromatic carbocycles. The quantitative estimate of drug-likeness (QED) is 0.690. The van der Waals surface area contributed by atoms with Gasteiger partial charge in [-0.3, -0.25) is 9.59 Å². The van der Waals surface area contributed by atoms with Crippen LogP contribution in [-0.2, 0) is 9.59 Å². The molecule has 0 radical (unpaired) electrons. The Kier molecular flexibility index (Phi) is 5.15. The van der Waals surface area contributed by atoms with Gasteiger partial charge in [-0.25, -0.2) is 5.01 Å². The van der Waals surface area contributed by atoms with E-state index in [-0.39, 0.29) is 24.5 Å². The standard InChI is InChI=1S/C21H19N3O5/c1-14(25)22-15-6-8-16(9-7-15)29-13-21(26)24-18(20-5-3-11-28-20)12-17(23-24)19-4-2-10-27-19/h2-11,18H,12-13H2,1H3,(H,22,25)/t18-/m0/s1. The number of nitrogens with one attached hydrogen (secondary N) is 1. The maximum atomic E-state index is 12.8. The van der Waals surface area contributed by atoms with Crippen LogP contribution in [0.2, 0.25) is 0 Å². The number of nitrogens with zero attached hydrogens (tertiary/aromatic N) is 2. The third kappa shape index (κ3) is 4.21. The molecule has 2 aromatic heterocycles. The fraction of sp³-hybridized carbons (Fsp3) is 0.190. The van der Waals surface area contributed by atoms with Crippen LogP contribution >= 0.6 is 0 Å². The third-order valence-electron chi connectivity index (χ3n) is 4.38. The van der Waals surface area contributed by atoms with E-state index in [0.717, 1.165) is 0 Å². The van der Waals surface area contributed by atoms with Crippen LogP contribution in [0, 0.1) is 0 Å². The Morgan fingerprint density at radius 2 is 1.90 bits per heavy atom. The number of carbonyl (C=O) groups is 2. The largest absolute Gasteiger partial charge is 0.484 e.